The number of rotatable bonds is 2. The van der Waals surface area contributed by atoms with E-state index in [1.807, 2.05) is 12.1 Å². The maximum Gasteiger partial charge on any atom is 0.309 e. The summed E-state index contributed by atoms with van der Waals surface area (Å²) in [6.07, 6.45) is 2.50. The normalized spacial score (nSPS) is 18.8. The van der Waals surface area contributed by atoms with Gasteiger partial charge in [0.1, 0.15) is 5.75 Å². The molecule has 0 radical (unpaired) electrons. The van der Waals surface area contributed by atoms with Crippen LogP contribution < -0.4 is 4.74 Å². The molecular formula is C13H16O3. The first-order valence-corrected chi connectivity index (χ1v) is 5.49. The number of benzene rings is 1. The number of hydrogen-bond acceptors (Lipinski definition) is 3. The number of esters is 1. The minimum atomic E-state index is -0.103. The molecule has 86 valence electrons. The third-order valence-corrected chi connectivity index (χ3v) is 3.19. The third kappa shape index (κ3) is 1.90. The van der Waals surface area contributed by atoms with Crippen LogP contribution in [0.4, 0.5) is 0 Å². The average molecular weight is 220 g/mol. The van der Waals surface area contributed by atoms with Crippen molar-refractivity contribution in [2.24, 2.45) is 5.92 Å². The zero-order valence-electron chi connectivity index (χ0n) is 9.66. The fourth-order valence-electron chi connectivity index (χ4n) is 2.33. The van der Waals surface area contributed by atoms with Crippen molar-refractivity contribution < 1.29 is 14.3 Å². The number of fused-ring (bicyclic) bond motifs is 1. The van der Waals surface area contributed by atoms with E-state index >= 15 is 0 Å². The first-order chi connectivity index (χ1) is 7.76. The highest BCUT2D eigenvalue weighted by Crippen LogP contribution is 2.32. The largest absolute Gasteiger partial charge is 0.496 e. The molecule has 16 heavy (non-hydrogen) atoms. The summed E-state index contributed by atoms with van der Waals surface area (Å²) in [5, 5.41) is 0. The quantitative estimate of drug-likeness (QED) is 0.715. The Morgan fingerprint density at radius 3 is 2.88 bits per heavy atom. The molecule has 0 aromatic heterocycles. The Morgan fingerprint density at radius 1 is 1.38 bits per heavy atom. The Balaban J connectivity index is 2.25. The van der Waals surface area contributed by atoms with Crippen molar-refractivity contribution in [2.45, 2.75) is 19.3 Å². The van der Waals surface area contributed by atoms with Crippen LogP contribution in [0.3, 0.4) is 0 Å². The molecule has 3 heteroatoms. The summed E-state index contributed by atoms with van der Waals surface area (Å²) >= 11 is 0. The number of hydrogen-bond donors (Lipinski definition) is 0. The Labute approximate surface area is 95.4 Å². The summed E-state index contributed by atoms with van der Waals surface area (Å²) in [4.78, 5) is 11.5. The maximum absolute atomic E-state index is 11.5. The Bertz CT molecular complexity index is 398. The molecule has 0 heterocycles. The Kier molecular flexibility index (Phi) is 3.13. The van der Waals surface area contributed by atoms with Gasteiger partial charge in [-0.1, -0.05) is 12.1 Å². The van der Waals surface area contributed by atoms with Crippen LogP contribution in [0.1, 0.15) is 17.5 Å². The van der Waals surface area contributed by atoms with Crippen molar-refractivity contribution in [3.8, 4) is 5.75 Å². The van der Waals surface area contributed by atoms with Gasteiger partial charge in [0.2, 0.25) is 0 Å². The molecule has 1 atom stereocenters. The maximum atomic E-state index is 11.5. The van der Waals surface area contributed by atoms with Crippen LogP contribution in [0.2, 0.25) is 0 Å². The molecule has 0 N–H and O–H groups in total. The van der Waals surface area contributed by atoms with Gasteiger partial charge in [0.25, 0.3) is 0 Å². The SMILES string of the molecule is COC(=O)[C@H]1CCc2c(cccc2OC)C1. The monoisotopic (exact) mass is 220 g/mol. The summed E-state index contributed by atoms with van der Waals surface area (Å²) in [5.41, 5.74) is 2.45. The molecule has 0 saturated heterocycles. The number of carbonyl (C=O) groups excluding carboxylic acids is 1. The van der Waals surface area contributed by atoms with Crippen LogP contribution in [0.15, 0.2) is 18.2 Å². The van der Waals surface area contributed by atoms with E-state index in [-0.39, 0.29) is 11.9 Å². The molecule has 0 saturated carbocycles. The van der Waals surface area contributed by atoms with Gasteiger partial charge in [-0.3, -0.25) is 4.79 Å². The first-order valence-electron chi connectivity index (χ1n) is 5.49. The van der Waals surface area contributed by atoms with Crippen LogP contribution >= 0.6 is 0 Å². The molecule has 0 spiro atoms. The van der Waals surface area contributed by atoms with E-state index in [1.165, 1.54) is 18.2 Å². The lowest BCUT2D eigenvalue weighted by Gasteiger charge is -2.24. The van der Waals surface area contributed by atoms with E-state index < -0.39 is 0 Å². The summed E-state index contributed by atoms with van der Waals surface area (Å²) in [6, 6.07) is 6.00. The van der Waals surface area contributed by atoms with Gasteiger partial charge in [0, 0.05) is 0 Å². The number of carbonyl (C=O) groups is 1. The van der Waals surface area contributed by atoms with Gasteiger partial charge >= 0.3 is 5.97 Å². The number of methoxy groups -OCH3 is 2. The molecule has 0 fully saturated rings. The lowest BCUT2D eigenvalue weighted by molar-refractivity contribution is -0.145. The van der Waals surface area contributed by atoms with Crippen molar-refractivity contribution in [2.75, 3.05) is 14.2 Å². The second kappa shape index (κ2) is 4.56. The summed E-state index contributed by atoms with van der Waals surface area (Å²) < 4.78 is 10.1. The van der Waals surface area contributed by atoms with Crippen LogP contribution in [0.5, 0.6) is 5.75 Å². The van der Waals surface area contributed by atoms with Crippen molar-refractivity contribution >= 4 is 5.97 Å². The topological polar surface area (TPSA) is 35.5 Å². The highest BCUT2D eigenvalue weighted by Gasteiger charge is 2.26. The van der Waals surface area contributed by atoms with Crippen molar-refractivity contribution in [1.29, 1.82) is 0 Å². The van der Waals surface area contributed by atoms with E-state index in [0.29, 0.717) is 0 Å². The molecule has 3 nitrogen and oxygen atoms in total. The van der Waals surface area contributed by atoms with Gasteiger partial charge < -0.3 is 9.47 Å². The van der Waals surface area contributed by atoms with Gasteiger partial charge in [-0.25, -0.2) is 0 Å². The van der Waals surface area contributed by atoms with E-state index in [2.05, 4.69) is 6.07 Å². The minimum Gasteiger partial charge on any atom is -0.496 e. The highest BCUT2D eigenvalue weighted by atomic mass is 16.5. The smallest absolute Gasteiger partial charge is 0.309 e. The van der Waals surface area contributed by atoms with Crippen molar-refractivity contribution in [3.63, 3.8) is 0 Å². The third-order valence-electron chi connectivity index (χ3n) is 3.19. The lowest BCUT2D eigenvalue weighted by Crippen LogP contribution is -2.23. The Hall–Kier alpha value is -1.51. The predicted molar refractivity (Wildman–Crippen MR) is 60.5 cm³/mol. The average Bonchev–Trinajstić information content (AvgIpc) is 2.36. The van der Waals surface area contributed by atoms with E-state index in [1.54, 1.807) is 7.11 Å². The fourth-order valence-corrected chi connectivity index (χ4v) is 2.33. The molecule has 2 rings (SSSR count). The molecule has 0 amide bonds. The standard InChI is InChI=1S/C13H16O3/c1-15-12-5-3-4-9-8-10(13(14)16-2)6-7-11(9)12/h3-5,10H,6-8H2,1-2H3/t10-/m0/s1. The predicted octanol–water partition coefficient (Wildman–Crippen LogP) is 1.97. The molecule has 1 aliphatic carbocycles. The second-order valence-electron chi connectivity index (χ2n) is 4.06. The molecule has 0 bridgehead atoms. The lowest BCUT2D eigenvalue weighted by atomic mass is 9.83. The van der Waals surface area contributed by atoms with Crippen molar-refractivity contribution in [1.82, 2.24) is 0 Å². The van der Waals surface area contributed by atoms with Crippen LogP contribution in [0, 0.1) is 5.92 Å². The van der Waals surface area contributed by atoms with Gasteiger partial charge in [-0.05, 0) is 36.5 Å². The van der Waals surface area contributed by atoms with Gasteiger partial charge in [-0.2, -0.15) is 0 Å². The molecule has 1 aliphatic rings. The van der Waals surface area contributed by atoms with Gasteiger partial charge in [0.05, 0.1) is 20.1 Å². The van der Waals surface area contributed by atoms with Gasteiger partial charge in [0.15, 0.2) is 0 Å². The van der Waals surface area contributed by atoms with Crippen LogP contribution in [-0.4, -0.2) is 20.2 Å². The molecule has 0 aliphatic heterocycles. The molecular weight excluding hydrogens is 204 g/mol. The molecule has 1 aromatic rings. The highest BCUT2D eigenvalue weighted by molar-refractivity contribution is 5.73. The van der Waals surface area contributed by atoms with Gasteiger partial charge in [-0.15, -0.1) is 0 Å². The zero-order chi connectivity index (χ0) is 11.5. The summed E-state index contributed by atoms with van der Waals surface area (Å²) in [6.45, 7) is 0. The Morgan fingerprint density at radius 2 is 2.19 bits per heavy atom. The van der Waals surface area contributed by atoms with E-state index in [9.17, 15) is 4.79 Å². The van der Waals surface area contributed by atoms with Crippen LogP contribution in [0.25, 0.3) is 0 Å². The molecule has 1 aromatic carbocycles. The number of ether oxygens (including phenoxy) is 2. The van der Waals surface area contributed by atoms with E-state index in [0.717, 1.165) is 25.0 Å². The first kappa shape index (κ1) is 11.0. The van der Waals surface area contributed by atoms with Crippen molar-refractivity contribution in [3.05, 3.63) is 29.3 Å². The summed E-state index contributed by atoms with van der Waals surface area (Å²) in [7, 11) is 3.13. The molecule has 0 unspecified atom stereocenters. The fraction of sp³-hybridized carbons (Fsp3) is 0.462. The summed E-state index contributed by atoms with van der Waals surface area (Å²) in [5.74, 6) is 0.832. The minimum absolute atomic E-state index is 0.00426. The second-order valence-corrected chi connectivity index (χ2v) is 4.06. The van der Waals surface area contributed by atoms with E-state index in [4.69, 9.17) is 9.47 Å². The zero-order valence-corrected chi connectivity index (χ0v) is 9.66. The van der Waals surface area contributed by atoms with Crippen LogP contribution in [-0.2, 0) is 22.4 Å².